The number of benzene rings is 2. The molecule has 0 spiro atoms. The van der Waals surface area contributed by atoms with Gasteiger partial charge in [-0.05, 0) is 50.8 Å². The van der Waals surface area contributed by atoms with Crippen LogP contribution in [0.1, 0.15) is 48.6 Å². The van der Waals surface area contributed by atoms with Gasteiger partial charge in [0, 0.05) is 29.4 Å². The molecule has 0 saturated carbocycles. The molecule has 0 bridgehead atoms. The number of carboxylic acid groups (broad SMARTS) is 1. The summed E-state index contributed by atoms with van der Waals surface area (Å²) in [6.07, 6.45) is -1.05. The Hall–Kier alpha value is -3.29. The van der Waals surface area contributed by atoms with E-state index >= 15 is 0 Å². The van der Waals surface area contributed by atoms with Crippen LogP contribution < -0.4 is 4.74 Å². The zero-order valence-corrected chi connectivity index (χ0v) is 19.5. The van der Waals surface area contributed by atoms with Gasteiger partial charge in [-0.3, -0.25) is 4.79 Å². The summed E-state index contributed by atoms with van der Waals surface area (Å²) < 4.78 is 46.8. The lowest BCUT2D eigenvalue weighted by Crippen LogP contribution is -2.09. The predicted octanol–water partition coefficient (Wildman–Crippen LogP) is 6.50. The Bertz CT molecular complexity index is 1120. The number of aromatic nitrogens is 2. The third-order valence-electron chi connectivity index (χ3n) is 5.69. The van der Waals surface area contributed by atoms with Crippen LogP contribution in [0.4, 0.5) is 13.2 Å². The van der Waals surface area contributed by atoms with Crippen LogP contribution in [0.3, 0.4) is 0 Å². The Morgan fingerprint density at radius 1 is 1.15 bits per heavy atom. The minimum atomic E-state index is -4.39. The number of rotatable bonds is 10. The second-order valence-corrected chi connectivity index (χ2v) is 8.69. The summed E-state index contributed by atoms with van der Waals surface area (Å²) in [6, 6.07) is 10.9. The first-order chi connectivity index (χ1) is 16.0. The lowest BCUT2D eigenvalue weighted by Gasteiger charge is -2.16. The molecule has 2 aromatic carbocycles. The van der Waals surface area contributed by atoms with Crippen molar-refractivity contribution in [1.82, 2.24) is 9.55 Å². The van der Waals surface area contributed by atoms with Crippen molar-refractivity contribution in [2.45, 2.75) is 52.8 Å². The molecule has 0 amide bonds. The molecule has 182 valence electrons. The van der Waals surface area contributed by atoms with Crippen molar-refractivity contribution in [3.63, 3.8) is 0 Å². The van der Waals surface area contributed by atoms with E-state index < -0.39 is 17.7 Å². The monoisotopic (exact) mass is 474 g/mol. The largest absolute Gasteiger partial charge is 0.493 e. The summed E-state index contributed by atoms with van der Waals surface area (Å²) in [5.74, 6) is 0.594. The lowest BCUT2D eigenvalue weighted by molar-refractivity contribution is -0.138. The molecule has 1 aromatic heterocycles. The molecule has 0 radical (unpaired) electrons. The zero-order chi connectivity index (χ0) is 24.9. The molecule has 1 unspecified atom stereocenters. The van der Waals surface area contributed by atoms with Gasteiger partial charge in [-0.15, -0.1) is 0 Å². The van der Waals surface area contributed by atoms with Gasteiger partial charge in [0.2, 0.25) is 0 Å². The minimum absolute atomic E-state index is 0.0819. The van der Waals surface area contributed by atoms with Crippen molar-refractivity contribution in [2.75, 3.05) is 6.61 Å². The number of aryl methyl sites for hydroxylation is 2. The quantitative estimate of drug-likeness (QED) is 0.341. The number of halogens is 3. The van der Waals surface area contributed by atoms with Crippen LogP contribution in [0.5, 0.6) is 5.75 Å². The SMILES string of the molecule is Cc1ccc(OCCCC(C)CC(=O)O)c(Cn2c(C)cnc2-c2ccc(C(F)(F)F)cc2)c1. The molecule has 1 heterocycles. The molecule has 0 saturated heterocycles. The fourth-order valence-electron chi connectivity index (χ4n) is 3.86. The van der Waals surface area contributed by atoms with Crippen LogP contribution in [0.25, 0.3) is 11.4 Å². The van der Waals surface area contributed by atoms with Crippen molar-refractivity contribution < 1.29 is 27.8 Å². The van der Waals surface area contributed by atoms with Crippen LogP contribution >= 0.6 is 0 Å². The summed E-state index contributed by atoms with van der Waals surface area (Å²) in [6.45, 7) is 6.72. The second-order valence-electron chi connectivity index (χ2n) is 8.69. The van der Waals surface area contributed by atoms with E-state index in [-0.39, 0.29) is 12.3 Å². The second kappa shape index (κ2) is 10.8. The van der Waals surface area contributed by atoms with Crippen molar-refractivity contribution >= 4 is 5.97 Å². The summed E-state index contributed by atoms with van der Waals surface area (Å²) in [5, 5.41) is 8.89. The van der Waals surface area contributed by atoms with Crippen LogP contribution in [0, 0.1) is 19.8 Å². The first-order valence-electron chi connectivity index (χ1n) is 11.2. The van der Waals surface area contributed by atoms with E-state index in [0.717, 1.165) is 47.5 Å². The average Bonchev–Trinajstić information content (AvgIpc) is 3.11. The molecule has 5 nitrogen and oxygen atoms in total. The van der Waals surface area contributed by atoms with E-state index in [2.05, 4.69) is 4.98 Å². The van der Waals surface area contributed by atoms with Crippen LogP contribution in [-0.2, 0) is 17.5 Å². The van der Waals surface area contributed by atoms with E-state index in [1.807, 2.05) is 43.5 Å². The number of carbonyl (C=O) groups is 1. The molecule has 8 heteroatoms. The van der Waals surface area contributed by atoms with Crippen molar-refractivity contribution in [3.05, 3.63) is 71.0 Å². The number of ether oxygens (including phenoxy) is 1. The zero-order valence-electron chi connectivity index (χ0n) is 19.5. The number of hydrogen-bond donors (Lipinski definition) is 1. The van der Waals surface area contributed by atoms with E-state index in [0.29, 0.717) is 24.5 Å². The first kappa shape index (κ1) is 25.3. The molecule has 1 N–H and O–H groups in total. The number of imidazole rings is 1. The Balaban J connectivity index is 1.76. The van der Waals surface area contributed by atoms with Crippen molar-refractivity contribution in [3.8, 4) is 17.1 Å². The topological polar surface area (TPSA) is 64.3 Å². The van der Waals surface area contributed by atoms with Gasteiger partial charge in [-0.1, -0.05) is 36.8 Å². The number of nitrogens with zero attached hydrogens (tertiary/aromatic N) is 2. The number of hydrogen-bond acceptors (Lipinski definition) is 3. The normalized spacial score (nSPS) is 12.5. The molecule has 1 atom stereocenters. The molecule has 3 aromatic rings. The Morgan fingerprint density at radius 3 is 2.50 bits per heavy atom. The maximum Gasteiger partial charge on any atom is 0.416 e. The molecule has 34 heavy (non-hydrogen) atoms. The number of aliphatic carboxylic acids is 1. The Labute approximate surface area is 197 Å². The molecule has 0 aliphatic rings. The predicted molar refractivity (Wildman–Crippen MR) is 124 cm³/mol. The van der Waals surface area contributed by atoms with Crippen LogP contribution in [-0.4, -0.2) is 27.2 Å². The highest BCUT2D eigenvalue weighted by atomic mass is 19.4. The maximum absolute atomic E-state index is 12.9. The van der Waals surface area contributed by atoms with Gasteiger partial charge in [0.05, 0.1) is 18.7 Å². The fraction of sp³-hybridized carbons (Fsp3) is 0.385. The van der Waals surface area contributed by atoms with Gasteiger partial charge in [0.15, 0.2) is 0 Å². The summed E-state index contributed by atoms with van der Waals surface area (Å²) >= 11 is 0. The van der Waals surface area contributed by atoms with Gasteiger partial charge in [-0.2, -0.15) is 13.2 Å². The van der Waals surface area contributed by atoms with Crippen LogP contribution in [0.15, 0.2) is 48.7 Å². The van der Waals surface area contributed by atoms with Gasteiger partial charge >= 0.3 is 12.1 Å². The molecule has 0 aliphatic carbocycles. The Kier molecular flexibility index (Phi) is 8.02. The molecular formula is C26H29F3N2O3. The summed E-state index contributed by atoms with van der Waals surface area (Å²) in [4.78, 5) is 15.3. The smallest absolute Gasteiger partial charge is 0.416 e. The van der Waals surface area contributed by atoms with Gasteiger partial charge in [0.1, 0.15) is 11.6 Å². The molecular weight excluding hydrogens is 445 g/mol. The third-order valence-corrected chi connectivity index (χ3v) is 5.69. The highest BCUT2D eigenvalue weighted by Gasteiger charge is 2.30. The van der Waals surface area contributed by atoms with Gasteiger partial charge in [-0.25, -0.2) is 4.98 Å². The van der Waals surface area contributed by atoms with Crippen molar-refractivity contribution in [2.24, 2.45) is 5.92 Å². The van der Waals surface area contributed by atoms with Gasteiger partial charge in [0.25, 0.3) is 0 Å². The Morgan fingerprint density at radius 2 is 1.85 bits per heavy atom. The standard InChI is InChI=1S/C26H29F3N2O3/c1-17(14-24(32)33)5-4-12-34-23-11-6-18(2)13-21(23)16-31-19(3)15-30-25(31)20-7-9-22(10-8-20)26(27,28)29/h6-11,13,15,17H,4-5,12,14,16H2,1-3H3,(H,32,33). The van der Waals surface area contributed by atoms with E-state index in [4.69, 9.17) is 9.84 Å². The minimum Gasteiger partial charge on any atom is -0.493 e. The molecule has 3 rings (SSSR count). The number of alkyl halides is 3. The van der Waals surface area contributed by atoms with Crippen molar-refractivity contribution in [1.29, 1.82) is 0 Å². The summed E-state index contributed by atoms with van der Waals surface area (Å²) in [5.41, 5.74) is 2.78. The first-order valence-corrected chi connectivity index (χ1v) is 11.2. The van der Waals surface area contributed by atoms with E-state index in [1.165, 1.54) is 12.1 Å². The van der Waals surface area contributed by atoms with E-state index in [9.17, 15) is 18.0 Å². The number of carboxylic acids is 1. The molecule has 0 fully saturated rings. The highest BCUT2D eigenvalue weighted by Crippen LogP contribution is 2.31. The lowest BCUT2D eigenvalue weighted by atomic mass is 10.0. The van der Waals surface area contributed by atoms with E-state index in [1.54, 1.807) is 6.20 Å². The summed E-state index contributed by atoms with van der Waals surface area (Å²) in [7, 11) is 0. The van der Waals surface area contributed by atoms with Crippen LogP contribution in [0.2, 0.25) is 0 Å². The average molecular weight is 475 g/mol. The third kappa shape index (κ3) is 6.62. The van der Waals surface area contributed by atoms with Gasteiger partial charge < -0.3 is 14.4 Å². The fourth-order valence-corrected chi connectivity index (χ4v) is 3.86. The molecule has 0 aliphatic heterocycles. The highest BCUT2D eigenvalue weighted by molar-refractivity contribution is 5.66. The maximum atomic E-state index is 12.9.